The third kappa shape index (κ3) is 14.9. The van der Waals surface area contributed by atoms with E-state index in [4.69, 9.17) is 6.85 Å². The first-order chi connectivity index (χ1) is 11.2. The van der Waals surface area contributed by atoms with Gasteiger partial charge in [-0.1, -0.05) is 63.3 Å². The Kier molecular flexibility index (Phi) is 8.46. The fraction of sp³-hybridized carbons (Fsp3) is 0.706. The molecule has 2 nitrogen and oxygen atoms in total. The molecule has 0 atom stereocenters. The molecule has 0 aliphatic carbocycles. The quantitative estimate of drug-likeness (QED) is 0.277. The number of allylic oxidation sites excluding steroid dienone is 4. The Morgan fingerprint density at radius 2 is 1.68 bits per heavy atom. The minimum Gasteiger partial charge on any atom is -0.469 e. The molecule has 0 aromatic heterocycles. The Hall–Kier alpha value is -1.05. The number of hydrogen-bond acceptors (Lipinski definition) is 2. The van der Waals surface area contributed by atoms with Gasteiger partial charge >= 0.3 is 5.97 Å². The van der Waals surface area contributed by atoms with Crippen LogP contribution < -0.4 is 0 Å². The highest BCUT2D eigenvalue weighted by atomic mass is 16.5. The van der Waals surface area contributed by atoms with E-state index >= 15 is 0 Å². The second-order valence-corrected chi connectivity index (χ2v) is 4.52. The maximum Gasteiger partial charge on any atom is 0.305 e. The third-order valence-electron chi connectivity index (χ3n) is 2.91. The van der Waals surface area contributed by atoms with Crippen molar-refractivity contribution in [2.45, 2.75) is 71.0 Å². The average molecular weight is 271 g/mol. The summed E-state index contributed by atoms with van der Waals surface area (Å²) in [5.41, 5.74) is 0. The molecular formula is C17H30O2. The van der Waals surface area contributed by atoms with Crippen LogP contribution in [0.4, 0.5) is 0 Å². The van der Waals surface area contributed by atoms with Crippen molar-refractivity contribution in [3.8, 4) is 0 Å². The fourth-order valence-corrected chi connectivity index (χ4v) is 1.80. The van der Waals surface area contributed by atoms with Gasteiger partial charge in [-0.3, -0.25) is 4.79 Å². The zero-order valence-corrected chi connectivity index (χ0v) is 12.0. The van der Waals surface area contributed by atoms with Crippen molar-refractivity contribution in [2.75, 3.05) is 7.11 Å². The van der Waals surface area contributed by atoms with Gasteiger partial charge in [0.15, 0.2) is 0 Å². The maximum absolute atomic E-state index is 10.9. The molecule has 0 unspecified atom stereocenters. The predicted octanol–water partition coefficient (Wildman–Crippen LogP) is 5.19. The third-order valence-corrected chi connectivity index (χ3v) is 2.91. The van der Waals surface area contributed by atoms with Crippen molar-refractivity contribution in [3.63, 3.8) is 0 Å². The summed E-state index contributed by atoms with van der Waals surface area (Å²) >= 11 is 0. The molecular weight excluding hydrogens is 236 g/mol. The van der Waals surface area contributed by atoms with E-state index in [1.165, 1.54) is 26.0 Å². The first-order valence-corrected chi connectivity index (χ1v) is 7.12. The molecule has 19 heavy (non-hydrogen) atoms. The van der Waals surface area contributed by atoms with Crippen LogP contribution in [0.3, 0.4) is 0 Å². The zero-order chi connectivity index (χ0) is 18.5. The number of esters is 1. The number of ether oxygens (including phenoxy) is 1. The molecule has 0 aromatic rings. The van der Waals surface area contributed by atoms with E-state index < -0.39 is 13.2 Å². The van der Waals surface area contributed by atoms with Gasteiger partial charge in [-0.15, -0.1) is 0 Å². The van der Waals surface area contributed by atoms with E-state index in [9.17, 15) is 4.79 Å². The number of hydrogen-bond donors (Lipinski definition) is 0. The van der Waals surface area contributed by atoms with Crippen LogP contribution in [0.5, 0.6) is 0 Å². The Labute approximate surface area is 125 Å². The van der Waals surface area contributed by atoms with Gasteiger partial charge in [-0.2, -0.15) is 0 Å². The molecule has 0 aliphatic rings. The van der Waals surface area contributed by atoms with Gasteiger partial charge in [0, 0.05) is 13.3 Å². The van der Waals surface area contributed by atoms with Gasteiger partial charge < -0.3 is 4.74 Å². The minimum absolute atomic E-state index is 0.136. The fourth-order valence-electron chi connectivity index (χ4n) is 1.80. The van der Waals surface area contributed by atoms with Crippen LogP contribution in [0.2, 0.25) is 0 Å². The molecule has 0 aromatic carbocycles. The average Bonchev–Trinajstić information content (AvgIpc) is 2.50. The number of unbranched alkanes of at least 4 members (excludes halogenated alkanes) is 7. The molecule has 0 heterocycles. The Balaban J connectivity index is 3.56. The molecule has 110 valence electrons. The summed E-state index contributed by atoms with van der Waals surface area (Å²) in [7, 11) is 1.41. The lowest BCUT2D eigenvalue weighted by Crippen LogP contribution is -1.99. The van der Waals surface area contributed by atoms with E-state index in [0.29, 0.717) is 6.42 Å². The van der Waals surface area contributed by atoms with Gasteiger partial charge in [0.2, 0.25) is 0 Å². The molecule has 2 heteroatoms. The van der Waals surface area contributed by atoms with Gasteiger partial charge in [0.25, 0.3) is 0 Å². The normalized spacial score (nSPS) is 16.8. The van der Waals surface area contributed by atoms with Crippen molar-refractivity contribution in [3.05, 3.63) is 24.3 Å². The van der Waals surface area contributed by atoms with Crippen LogP contribution in [-0.4, -0.2) is 13.1 Å². The largest absolute Gasteiger partial charge is 0.469 e. The summed E-state index contributed by atoms with van der Waals surface area (Å²) in [4.78, 5) is 10.9. The topological polar surface area (TPSA) is 26.3 Å². The van der Waals surface area contributed by atoms with Crippen molar-refractivity contribution >= 4 is 5.97 Å². The summed E-state index contributed by atoms with van der Waals surface area (Å²) in [5, 5.41) is 0. The Morgan fingerprint density at radius 1 is 1.05 bits per heavy atom. The second kappa shape index (κ2) is 15.0. The highest BCUT2D eigenvalue weighted by molar-refractivity contribution is 5.68. The molecule has 0 saturated heterocycles. The highest BCUT2D eigenvalue weighted by Crippen LogP contribution is 2.10. The molecule has 0 rings (SSSR count). The Bertz CT molecular complexity index is 400. The van der Waals surface area contributed by atoms with Crippen LogP contribution in [0.15, 0.2) is 24.3 Å². The van der Waals surface area contributed by atoms with Crippen LogP contribution in [-0.2, 0) is 9.53 Å². The summed E-state index contributed by atoms with van der Waals surface area (Å²) in [6.07, 6.45) is 13.0. The number of carbonyl (C=O) groups is 1. The van der Waals surface area contributed by atoms with E-state index in [-0.39, 0.29) is 5.97 Å². The molecule has 0 amide bonds. The summed E-state index contributed by atoms with van der Waals surface area (Å²) in [6, 6.07) is 0. The van der Waals surface area contributed by atoms with Crippen molar-refractivity contribution in [1.82, 2.24) is 0 Å². The monoisotopic (exact) mass is 271 g/mol. The smallest absolute Gasteiger partial charge is 0.305 e. The minimum atomic E-state index is -2.63. The number of carbonyl (C=O) groups excluding carboxylic acids is 1. The Morgan fingerprint density at radius 3 is 2.37 bits per heavy atom. The highest BCUT2D eigenvalue weighted by Gasteiger charge is 1.98. The molecule has 0 fully saturated rings. The number of rotatable bonds is 12. The molecule has 0 aliphatic heterocycles. The van der Waals surface area contributed by atoms with E-state index in [1.807, 2.05) is 6.08 Å². The summed E-state index contributed by atoms with van der Waals surface area (Å²) < 4.78 is 40.6. The van der Waals surface area contributed by atoms with Crippen molar-refractivity contribution in [2.24, 2.45) is 0 Å². The molecule has 0 radical (unpaired) electrons. The van der Waals surface area contributed by atoms with Gasteiger partial charge in [0.1, 0.15) is 0 Å². The van der Waals surface area contributed by atoms with Crippen LogP contribution in [0.25, 0.3) is 0 Å². The van der Waals surface area contributed by atoms with Crippen LogP contribution >= 0.6 is 0 Å². The standard InChI is InChI=1S/C17H30O2/c1-3-4-5-6-7-8-9-10-11-12-13-14-15-16-17(18)19-2/h4-7H,3,8-16H2,1-2H3/b5-4-,7-6-/i1D3,3D2. The van der Waals surface area contributed by atoms with Gasteiger partial charge in [0.05, 0.1) is 7.11 Å². The van der Waals surface area contributed by atoms with Gasteiger partial charge in [-0.05, 0) is 25.6 Å². The zero-order valence-electron chi connectivity index (χ0n) is 17.0. The van der Waals surface area contributed by atoms with E-state index in [2.05, 4.69) is 4.74 Å². The van der Waals surface area contributed by atoms with E-state index in [1.54, 1.807) is 6.08 Å². The van der Waals surface area contributed by atoms with Crippen LogP contribution in [0.1, 0.15) is 77.9 Å². The molecule has 0 spiro atoms. The van der Waals surface area contributed by atoms with E-state index in [0.717, 1.165) is 44.6 Å². The molecule has 0 N–H and O–H groups in total. The van der Waals surface area contributed by atoms with Crippen LogP contribution in [0, 0.1) is 0 Å². The first kappa shape index (κ1) is 10.7. The second-order valence-electron chi connectivity index (χ2n) is 4.52. The lowest BCUT2D eigenvalue weighted by atomic mass is 10.1. The summed E-state index contributed by atoms with van der Waals surface area (Å²) in [5.74, 6) is -0.136. The SMILES string of the molecule is [2H]C([2H])([2H])C([2H])([2H])/C=C\C=C/CCCCCCCCCC(=O)OC. The maximum atomic E-state index is 10.9. The molecule has 0 bridgehead atoms. The predicted molar refractivity (Wildman–Crippen MR) is 82.1 cm³/mol. The first-order valence-electron chi connectivity index (χ1n) is 9.62. The number of methoxy groups -OCH3 is 1. The lowest BCUT2D eigenvalue weighted by molar-refractivity contribution is -0.140. The molecule has 0 saturated carbocycles. The van der Waals surface area contributed by atoms with Crippen molar-refractivity contribution < 1.29 is 16.4 Å². The lowest BCUT2D eigenvalue weighted by Gasteiger charge is -2.01. The van der Waals surface area contributed by atoms with Crippen molar-refractivity contribution in [1.29, 1.82) is 0 Å². The van der Waals surface area contributed by atoms with Gasteiger partial charge in [-0.25, -0.2) is 0 Å². The summed E-state index contributed by atoms with van der Waals surface area (Å²) in [6.45, 7) is -2.63.